The molecule has 2 aromatic rings. The van der Waals surface area contributed by atoms with E-state index in [9.17, 15) is 0 Å². The summed E-state index contributed by atoms with van der Waals surface area (Å²) < 4.78 is 5.93. The molecule has 2 rings (SSSR count). The number of hydrogen-bond acceptors (Lipinski definition) is 3. The number of aryl methyl sites for hydroxylation is 1. The molecule has 0 atom stereocenters. The van der Waals surface area contributed by atoms with Crippen LogP contribution in [0.2, 0.25) is 0 Å². The minimum atomic E-state index is 0.306. The number of rotatable bonds is 2. The Hall–Kier alpha value is -1.36. The zero-order chi connectivity index (χ0) is 9.97. The largest absolute Gasteiger partial charge is 0.423 e. The number of H-pyrrole nitrogens is 1. The first-order valence-corrected chi connectivity index (χ1v) is 4.86. The number of ether oxygens (including phenoxy) is 1. The first-order valence-electron chi connectivity index (χ1n) is 4.06. The van der Waals surface area contributed by atoms with Crippen LogP contribution in [0, 0.1) is 6.92 Å². The van der Waals surface area contributed by atoms with Crippen molar-refractivity contribution in [2.24, 2.45) is 0 Å². The summed E-state index contributed by atoms with van der Waals surface area (Å²) in [5.74, 6) is 0.724. The smallest absolute Gasteiger partial charge is 0.341 e. The molecule has 1 aromatic carbocycles. The Labute approximate surface area is 89.5 Å². The lowest BCUT2D eigenvalue weighted by atomic mass is 10.2. The molecule has 0 radical (unpaired) electrons. The van der Waals surface area contributed by atoms with Crippen molar-refractivity contribution in [3.05, 3.63) is 34.6 Å². The summed E-state index contributed by atoms with van der Waals surface area (Å²) >= 11 is 3.15. The van der Waals surface area contributed by atoms with E-state index in [0.29, 0.717) is 10.7 Å². The summed E-state index contributed by atoms with van der Waals surface area (Å²) in [5.41, 5.74) is 1.19. The Balaban J connectivity index is 2.15. The summed E-state index contributed by atoms with van der Waals surface area (Å²) in [7, 11) is 0. The average molecular weight is 254 g/mol. The molecule has 0 bridgehead atoms. The van der Waals surface area contributed by atoms with Gasteiger partial charge in [-0.1, -0.05) is 17.7 Å². The number of halogens is 1. The lowest BCUT2D eigenvalue weighted by Gasteiger charge is -1.99. The second-order valence-corrected chi connectivity index (χ2v) is 3.58. The molecule has 72 valence electrons. The summed E-state index contributed by atoms with van der Waals surface area (Å²) in [6.07, 6.45) is 0. The van der Waals surface area contributed by atoms with E-state index in [-0.39, 0.29) is 0 Å². The number of benzene rings is 1. The number of nitrogens with zero attached hydrogens (tertiary/aromatic N) is 2. The van der Waals surface area contributed by atoms with Gasteiger partial charge in [0, 0.05) is 0 Å². The van der Waals surface area contributed by atoms with Crippen molar-refractivity contribution in [1.29, 1.82) is 0 Å². The molecule has 1 aromatic heterocycles. The van der Waals surface area contributed by atoms with Crippen molar-refractivity contribution in [1.82, 2.24) is 15.2 Å². The first-order chi connectivity index (χ1) is 6.74. The van der Waals surface area contributed by atoms with Gasteiger partial charge in [-0.3, -0.25) is 5.10 Å². The van der Waals surface area contributed by atoms with Crippen LogP contribution in [-0.4, -0.2) is 15.2 Å². The van der Waals surface area contributed by atoms with Crippen LogP contribution in [0.15, 0.2) is 29.0 Å². The van der Waals surface area contributed by atoms with Crippen LogP contribution in [0.4, 0.5) is 0 Å². The summed E-state index contributed by atoms with van der Waals surface area (Å²) in [5, 5.41) is 6.46. The maximum Gasteiger partial charge on any atom is 0.341 e. The molecule has 0 fully saturated rings. The van der Waals surface area contributed by atoms with Crippen LogP contribution in [0.1, 0.15) is 5.56 Å². The molecule has 0 amide bonds. The fourth-order valence-corrected chi connectivity index (χ4v) is 1.23. The molecule has 5 heteroatoms. The van der Waals surface area contributed by atoms with E-state index in [4.69, 9.17) is 4.74 Å². The molecule has 0 aliphatic rings. The predicted octanol–water partition coefficient (Wildman–Crippen LogP) is 2.67. The third kappa shape index (κ3) is 2.11. The highest BCUT2D eigenvalue weighted by Crippen LogP contribution is 2.18. The van der Waals surface area contributed by atoms with E-state index in [1.165, 1.54) is 5.56 Å². The SMILES string of the molecule is Cc1ccc(Oc2n[nH]c(Br)n2)cc1. The van der Waals surface area contributed by atoms with E-state index in [0.717, 1.165) is 5.75 Å². The highest BCUT2D eigenvalue weighted by Gasteiger charge is 2.02. The van der Waals surface area contributed by atoms with Gasteiger partial charge in [-0.25, -0.2) is 0 Å². The maximum atomic E-state index is 5.37. The van der Waals surface area contributed by atoms with Crippen LogP contribution in [-0.2, 0) is 0 Å². The molecule has 1 heterocycles. The fourth-order valence-electron chi connectivity index (χ4n) is 0.985. The van der Waals surface area contributed by atoms with E-state index in [2.05, 4.69) is 31.1 Å². The van der Waals surface area contributed by atoms with E-state index in [1.807, 2.05) is 31.2 Å². The van der Waals surface area contributed by atoms with Gasteiger partial charge >= 0.3 is 6.01 Å². The molecule has 0 saturated carbocycles. The van der Waals surface area contributed by atoms with Crippen LogP contribution >= 0.6 is 15.9 Å². The molecule has 1 N–H and O–H groups in total. The number of aromatic amines is 1. The fraction of sp³-hybridized carbons (Fsp3) is 0.111. The van der Waals surface area contributed by atoms with Crippen LogP contribution in [0.5, 0.6) is 11.8 Å². The van der Waals surface area contributed by atoms with Crippen LogP contribution < -0.4 is 4.74 Å². The van der Waals surface area contributed by atoms with Crippen molar-refractivity contribution < 1.29 is 4.74 Å². The minimum Gasteiger partial charge on any atom is -0.423 e. The second kappa shape index (κ2) is 3.79. The van der Waals surface area contributed by atoms with Gasteiger partial charge in [-0.2, -0.15) is 4.98 Å². The number of hydrogen-bond donors (Lipinski definition) is 1. The average Bonchev–Trinajstić information content (AvgIpc) is 2.56. The number of aromatic nitrogens is 3. The third-order valence-electron chi connectivity index (χ3n) is 1.67. The summed E-state index contributed by atoms with van der Waals surface area (Å²) in [6, 6.07) is 7.99. The summed E-state index contributed by atoms with van der Waals surface area (Å²) in [4.78, 5) is 3.96. The maximum absolute atomic E-state index is 5.37. The molecular formula is C9H8BrN3O. The van der Waals surface area contributed by atoms with E-state index >= 15 is 0 Å². The van der Waals surface area contributed by atoms with Crippen LogP contribution in [0.3, 0.4) is 0 Å². The first kappa shape index (κ1) is 9.21. The van der Waals surface area contributed by atoms with Crippen molar-refractivity contribution in [3.63, 3.8) is 0 Å². The van der Waals surface area contributed by atoms with Crippen molar-refractivity contribution in [3.8, 4) is 11.8 Å². The molecule has 4 nitrogen and oxygen atoms in total. The Bertz CT molecular complexity index is 424. The molecule has 0 unspecified atom stereocenters. The lowest BCUT2D eigenvalue weighted by molar-refractivity contribution is 0.444. The van der Waals surface area contributed by atoms with Gasteiger partial charge in [0.05, 0.1) is 0 Å². The van der Waals surface area contributed by atoms with Gasteiger partial charge in [0.25, 0.3) is 0 Å². The normalized spacial score (nSPS) is 10.1. The third-order valence-corrected chi connectivity index (χ3v) is 2.02. The van der Waals surface area contributed by atoms with Crippen molar-refractivity contribution >= 4 is 15.9 Å². The Morgan fingerprint density at radius 3 is 2.57 bits per heavy atom. The highest BCUT2D eigenvalue weighted by atomic mass is 79.9. The highest BCUT2D eigenvalue weighted by molar-refractivity contribution is 9.10. The lowest BCUT2D eigenvalue weighted by Crippen LogP contribution is -1.85. The molecule has 0 saturated heterocycles. The topological polar surface area (TPSA) is 50.8 Å². The van der Waals surface area contributed by atoms with Crippen molar-refractivity contribution in [2.75, 3.05) is 0 Å². The van der Waals surface area contributed by atoms with E-state index < -0.39 is 0 Å². The molecule has 14 heavy (non-hydrogen) atoms. The molecule has 0 spiro atoms. The Kier molecular flexibility index (Phi) is 2.49. The zero-order valence-electron chi connectivity index (χ0n) is 7.49. The van der Waals surface area contributed by atoms with Gasteiger partial charge in [0.15, 0.2) is 4.73 Å². The number of nitrogens with one attached hydrogen (secondary N) is 1. The van der Waals surface area contributed by atoms with E-state index in [1.54, 1.807) is 0 Å². The zero-order valence-corrected chi connectivity index (χ0v) is 9.08. The Morgan fingerprint density at radius 1 is 1.29 bits per heavy atom. The van der Waals surface area contributed by atoms with Gasteiger partial charge in [-0.15, -0.1) is 5.10 Å². The van der Waals surface area contributed by atoms with Gasteiger partial charge in [0.2, 0.25) is 0 Å². The monoisotopic (exact) mass is 253 g/mol. The second-order valence-electron chi connectivity index (χ2n) is 2.82. The van der Waals surface area contributed by atoms with Crippen molar-refractivity contribution in [2.45, 2.75) is 6.92 Å². The quantitative estimate of drug-likeness (QED) is 0.896. The molecular weight excluding hydrogens is 246 g/mol. The van der Waals surface area contributed by atoms with Gasteiger partial charge in [0.1, 0.15) is 5.75 Å². The predicted molar refractivity (Wildman–Crippen MR) is 55.3 cm³/mol. The van der Waals surface area contributed by atoms with Gasteiger partial charge < -0.3 is 4.74 Å². The Morgan fingerprint density at radius 2 is 2.00 bits per heavy atom. The standard InChI is InChI=1S/C9H8BrN3O/c1-6-2-4-7(5-3-6)14-9-11-8(10)12-13-9/h2-5H,1H3,(H,11,12,13). The van der Waals surface area contributed by atoms with Crippen LogP contribution in [0.25, 0.3) is 0 Å². The summed E-state index contributed by atoms with van der Waals surface area (Å²) in [6.45, 7) is 2.02. The molecule has 0 aliphatic carbocycles. The minimum absolute atomic E-state index is 0.306. The van der Waals surface area contributed by atoms with Gasteiger partial charge in [-0.05, 0) is 35.0 Å². The molecule has 0 aliphatic heterocycles.